The van der Waals surface area contributed by atoms with E-state index in [0.29, 0.717) is 11.7 Å². The SMILES string of the molecule is Cc1ccc2nc(C3CCN(C(=O)/C=C/c4ccco4)CC3)[nH]c2c1. The number of H-pyrrole nitrogens is 1. The van der Waals surface area contributed by atoms with Crippen LogP contribution < -0.4 is 0 Å². The molecule has 1 saturated heterocycles. The number of hydrogen-bond acceptors (Lipinski definition) is 3. The van der Waals surface area contributed by atoms with Crippen molar-refractivity contribution < 1.29 is 9.21 Å². The van der Waals surface area contributed by atoms with Gasteiger partial charge in [0.05, 0.1) is 17.3 Å². The van der Waals surface area contributed by atoms with Gasteiger partial charge in [0, 0.05) is 25.1 Å². The van der Waals surface area contributed by atoms with Crippen molar-refractivity contribution in [2.75, 3.05) is 13.1 Å². The van der Waals surface area contributed by atoms with Crippen molar-refractivity contribution >= 4 is 23.0 Å². The lowest BCUT2D eigenvalue weighted by Gasteiger charge is -2.30. The van der Waals surface area contributed by atoms with Crippen LogP contribution >= 0.6 is 0 Å². The summed E-state index contributed by atoms with van der Waals surface area (Å²) in [6.07, 6.45) is 6.77. The van der Waals surface area contributed by atoms with Crippen LogP contribution in [0.2, 0.25) is 0 Å². The van der Waals surface area contributed by atoms with Gasteiger partial charge in [0.1, 0.15) is 11.6 Å². The van der Waals surface area contributed by atoms with Crippen molar-refractivity contribution in [2.24, 2.45) is 0 Å². The first-order chi connectivity index (χ1) is 12.2. The summed E-state index contributed by atoms with van der Waals surface area (Å²) in [4.78, 5) is 22.4. The van der Waals surface area contributed by atoms with Crippen molar-refractivity contribution in [3.05, 3.63) is 59.8 Å². The Labute approximate surface area is 146 Å². The summed E-state index contributed by atoms with van der Waals surface area (Å²) in [5, 5.41) is 0. The predicted molar refractivity (Wildman–Crippen MR) is 97.1 cm³/mol. The van der Waals surface area contributed by atoms with Crippen molar-refractivity contribution in [1.29, 1.82) is 0 Å². The van der Waals surface area contributed by atoms with Gasteiger partial charge in [-0.2, -0.15) is 0 Å². The third-order valence-electron chi connectivity index (χ3n) is 4.78. The smallest absolute Gasteiger partial charge is 0.246 e. The van der Waals surface area contributed by atoms with Crippen LogP contribution in [0.15, 0.2) is 47.1 Å². The maximum Gasteiger partial charge on any atom is 0.246 e. The summed E-state index contributed by atoms with van der Waals surface area (Å²) in [5.41, 5.74) is 3.34. The lowest BCUT2D eigenvalue weighted by Crippen LogP contribution is -2.37. The number of carbonyl (C=O) groups excluding carboxylic acids is 1. The Bertz CT molecular complexity index is 900. The molecule has 1 aromatic carbocycles. The van der Waals surface area contributed by atoms with Gasteiger partial charge in [-0.25, -0.2) is 4.98 Å². The topological polar surface area (TPSA) is 62.1 Å². The molecule has 0 saturated carbocycles. The number of furan rings is 1. The molecule has 128 valence electrons. The normalized spacial score (nSPS) is 16.1. The summed E-state index contributed by atoms with van der Waals surface area (Å²) in [6.45, 7) is 3.59. The largest absolute Gasteiger partial charge is 0.465 e. The number of carbonyl (C=O) groups is 1. The number of rotatable bonds is 3. The van der Waals surface area contributed by atoms with Gasteiger partial charge >= 0.3 is 0 Å². The van der Waals surface area contributed by atoms with E-state index in [1.54, 1.807) is 18.4 Å². The number of likely N-dealkylation sites (tertiary alicyclic amines) is 1. The Morgan fingerprint density at radius 3 is 2.92 bits per heavy atom. The number of amides is 1. The van der Waals surface area contributed by atoms with Crippen molar-refractivity contribution in [3.8, 4) is 0 Å². The number of aryl methyl sites for hydroxylation is 1. The van der Waals surface area contributed by atoms with E-state index in [9.17, 15) is 4.79 Å². The highest BCUT2D eigenvalue weighted by Gasteiger charge is 2.24. The highest BCUT2D eigenvalue weighted by atomic mass is 16.3. The average molecular weight is 335 g/mol. The van der Waals surface area contributed by atoms with Crippen LogP contribution in [0.1, 0.15) is 35.9 Å². The zero-order chi connectivity index (χ0) is 17.2. The number of hydrogen-bond donors (Lipinski definition) is 1. The van der Waals surface area contributed by atoms with Crippen LogP contribution in [-0.2, 0) is 4.79 Å². The molecule has 2 aromatic heterocycles. The number of piperidine rings is 1. The summed E-state index contributed by atoms with van der Waals surface area (Å²) >= 11 is 0. The maximum atomic E-state index is 12.3. The number of imidazole rings is 1. The Kier molecular flexibility index (Phi) is 4.14. The van der Waals surface area contributed by atoms with E-state index in [4.69, 9.17) is 9.40 Å². The minimum atomic E-state index is 0.0371. The molecule has 0 atom stereocenters. The second-order valence-electron chi connectivity index (χ2n) is 6.59. The molecule has 3 aromatic rings. The van der Waals surface area contributed by atoms with Gasteiger partial charge in [-0.15, -0.1) is 0 Å². The van der Waals surface area contributed by atoms with Gasteiger partial charge in [0.15, 0.2) is 0 Å². The van der Waals surface area contributed by atoms with Crippen molar-refractivity contribution in [2.45, 2.75) is 25.7 Å². The molecule has 0 aliphatic carbocycles. The molecule has 1 amide bonds. The van der Waals surface area contributed by atoms with E-state index < -0.39 is 0 Å². The Balaban J connectivity index is 1.39. The fraction of sp³-hybridized carbons (Fsp3) is 0.300. The second kappa shape index (κ2) is 6.59. The zero-order valence-electron chi connectivity index (χ0n) is 14.2. The molecule has 1 aliphatic heterocycles. The molecule has 0 bridgehead atoms. The molecule has 5 nitrogen and oxygen atoms in total. The lowest BCUT2D eigenvalue weighted by atomic mass is 9.96. The van der Waals surface area contributed by atoms with Crippen LogP contribution in [0.4, 0.5) is 0 Å². The van der Waals surface area contributed by atoms with E-state index in [-0.39, 0.29) is 5.91 Å². The highest BCUT2D eigenvalue weighted by molar-refractivity contribution is 5.91. The van der Waals surface area contributed by atoms with Gasteiger partial charge in [-0.3, -0.25) is 4.79 Å². The van der Waals surface area contributed by atoms with E-state index >= 15 is 0 Å². The molecule has 3 heterocycles. The fourth-order valence-electron chi connectivity index (χ4n) is 3.35. The van der Waals surface area contributed by atoms with Crippen LogP contribution in [0.25, 0.3) is 17.1 Å². The first-order valence-corrected chi connectivity index (χ1v) is 8.66. The molecule has 5 heteroatoms. The Hall–Kier alpha value is -2.82. The number of nitrogens with one attached hydrogen (secondary N) is 1. The van der Waals surface area contributed by atoms with E-state index in [1.807, 2.05) is 17.0 Å². The van der Waals surface area contributed by atoms with Gasteiger partial charge in [-0.05, 0) is 55.7 Å². The highest BCUT2D eigenvalue weighted by Crippen LogP contribution is 2.28. The third-order valence-corrected chi connectivity index (χ3v) is 4.78. The zero-order valence-corrected chi connectivity index (χ0v) is 14.2. The summed E-state index contributed by atoms with van der Waals surface area (Å²) < 4.78 is 5.21. The maximum absolute atomic E-state index is 12.3. The number of fused-ring (bicyclic) bond motifs is 1. The first-order valence-electron chi connectivity index (χ1n) is 8.66. The fourth-order valence-corrected chi connectivity index (χ4v) is 3.35. The first kappa shape index (κ1) is 15.7. The monoisotopic (exact) mass is 335 g/mol. The molecule has 0 unspecified atom stereocenters. The number of aromatic amines is 1. The predicted octanol–water partition coefficient (Wildman–Crippen LogP) is 3.88. The Morgan fingerprint density at radius 2 is 2.16 bits per heavy atom. The molecular formula is C20H21N3O2. The average Bonchev–Trinajstić information content (AvgIpc) is 3.29. The number of nitrogens with zero attached hydrogens (tertiary/aromatic N) is 2. The molecule has 4 rings (SSSR count). The van der Waals surface area contributed by atoms with Crippen molar-refractivity contribution in [3.63, 3.8) is 0 Å². The molecule has 0 radical (unpaired) electrons. The second-order valence-corrected chi connectivity index (χ2v) is 6.59. The summed E-state index contributed by atoms with van der Waals surface area (Å²) in [7, 11) is 0. The lowest BCUT2D eigenvalue weighted by molar-refractivity contribution is -0.127. The molecule has 0 spiro atoms. The molecule has 1 aliphatic rings. The van der Waals surface area contributed by atoms with Crippen LogP contribution in [0.5, 0.6) is 0 Å². The van der Waals surface area contributed by atoms with E-state index in [1.165, 1.54) is 5.56 Å². The minimum absolute atomic E-state index is 0.0371. The van der Waals surface area contributed by atoms with Gasteiger partial charge in [-0.1, -0.05) is 6.07 Å². The van der Waals surface area contributed by atoms with Gasteiger partial charge in [0.25, 0.3) is 0 Å². The third kappa shape index (κ3) is 3.36. The standard InChI is InChI=1S/C20H21N3O2/c1-14-4-6-17-18(13-14)22-20(21-17)15-8-10-23(11-9-15)19(24)7-5-16-3-2-12-25-16/h2-7,12-13,15H,8-11H2,1H3,(H,21,22)/b7-5+. The summed E-state index contributed by atoms with van der Waals surface area (Å²) in [5.74, 6) is 2.15. The molecule has 1 N–H and O–H groups in total. The molecular weight excluding hydrogens is 314 g/mol. The van der Waals surface area contributed by atoms with Gasteiger partial charge < -0.3 is 14.3 Å². The molecule has 25 heavy (non-hydrogen) atoms. The summed E-state index contributed by atoms with van der Waals surface area (Å²) in [6, 6.07) is 9.91. The number of aromatic nitrogens is 2. The molecule has 1 fully saturated rings. The van der Waals surface area contributed by atoms with Crippen LogP contribution in [0.3, 0.4) is 0 Å². The van der Waals surface area contributed by atoms with Gasteiger partial charge in [0.2, 0.25) is 5.91 Å². The van der Waals surface area contributed by atoms with E-state index in [0.717, 1.165) is 42.8 Å². The van der Waals surface area contributed by atoms with E-state index in [2.05, 4.69) is 30.1 Å². The Morgan fingerprint density at radius 1 is 1.32 bits per heavy atom. The van der Waals surface area contributed by atoms with Crippen molar-refractivity contribution in [1.82, 2.24) is 14.9 Å². The minimum Gasteiger partial charge on any atom is -0.465 e. The quantitative estimate of drug-likeness (QED) is 0.739. The number of benzene rings is 1. The van der Waals surface area contributed by atoms with Crippen LogP contribution in [-0.4, -0.2) is 33.9 Å². The van der Waals surface area contributed by atoms with Crippen LogP contribution in [0, 0.1) is 6.92 Å².